The minimum atomic E-state index is -0.606. The quantitative estimate of drug-likeness (QED) is 0.224. The zero-order valence-corrected chi connectivity index (χ0v) is 23.5. The van der Waals surface area contributed by atoms with Gasteiger partial charge in [0.1, 0.15) is 18.3 Å². The topological polar surface area (TPSA) is 92.8 Å². The summed E-state index contributed by atoms with van der Waals surface area (Å²) in [6.45, 7) is 5.38. The van der Waals surface area contributed by atoms with Gasteiger partial charge >= 0.3 is 0 Å². The molecule has 0 aliphatic heterocycles. The molecular weight excluding hydrogens is 536 g/mol. The van der Waals surface area contributed by atoms with Gasteiger partial charge < -0.3 is 9.40 Å². The Labute approximate surface area is 242 Å². The molecule has 6 rings (SSSR count). The van der Waals surface area contributed by atoms with Crippen LogP contribution in [0, 0.1) is 13.8 Å². The Morgan fingerprint density at radius 1 is 0.976 bits per heavy atom. The molecule has 0 radical (unpaired) electrons. The van der Waals surface area contributed by atoms with E-state index < -0.39 is 6.04 Å². The van der Waals surface area contributed by atoms with Gasteiger partial charge in [0.25, 0.3) is 5.56 Å². The molecule has 3 heterocycles. The summed E-state index contributed by atoms with van der Waals surface area (Å²) >= 11 is 6.67. The largest absolute Gasteiger partial charge is 0.467 e. The predicted octanol–water partition coefficient (Wildman–Crippen LogP) is 6.22. The first kappa shape index (κ1) is 26.7. The Kier molecular flexibility index (Phi) is 7.50. The fourth-order valence-electron chi connectivity index (χ4n) is 5.36. The third-order valence-corrected chi connectivity index (χ3v) is 7.62. The third-order valence-electron chi connectivity index (χ3n) is 7.25. The minimum Gasteiger partial charge on any atom is -0.467 e. The highest BCUT2D eigenvalue weighted by Gasteiger charge is 2.31. The number of pyridine rings is 1. The maximum absolute atomic E-state index is 13.9. The van der Waals surface area contributed by atoms with Crippen LogP contribution in [0.15, 0.2) is 100 Å². The number of tetrazole rings is 1. The molecule has 41 heavy (non-hydrogen) atoms. The number of benzene rings is 3. The second kappa shape index (κ2) is 11.5. The van der Waals surface area contributed by atoms with E-state index in [1.807, 2.05) is 73.7 Å². The van der Waals surface area contributed by atoms with Gasteiger partial charge in [-0.1, -0.05) is 66.2 Å². The van der Waals surface area contributed by atoms with Crippen LogP contribution in [0.3, 0.4) is 0 Å². The zero-order valence-electron chi connectivity index (χ0n) is 22.8. The fourth-order valence-corrected chi connectivity index (χ4v) is 5.56. The molecule has 0 saturated heterocycles. The Balaban J connectivity index is 1.56. The molecule has 3 aromatic carbocycles. The molecule has 0 unspecified atom stereocenters. The molecule has 1 N–H and O–H groups in total. The normalized spacial score (nSPS) is 12.3. The molecule has 3 aromatic heterocycles. The first-order valence-electron chi connectivity index (χ1n) is 13.4. The van der Waals surface area contributed by atoms with Crippen LogP contribution >= 0.6 is 11.6 Å². The van der Waals surface area contributed by atoms with Gasteiger partial charge in [-0.2, -0.15) is 0 Å². The standard InChI is InChI=1S/C32H29ClN6O2/c1-21-15-22(2)26-17-27(32(40)34-29(26)16-21)30(31-35-36-37-39(31)20-25-12-8-14-41-25)38(18-23-9-4-3-5-10-23)19-24-11-6-7-13-28(24)33/h3-17,30H,18-20H2,1-2H3,(H,34,40)/t30-/m1/s1. The van der Waals surface area contributed by atoms with E-state index in [-0.39, 0.29) is 5.56 Å². The summed E-state index contributed by atoms with van der Waals surface area (Å²) < 4.78 is 7.30. The number of H-pyrrole nitrogens is 1. The highest BCUT2D eigenvalue weighted by molar-refractivity contribution is 6.31. The minimum absolute atomic E-state index is 0.197. The monoisotopic (exact) mass is 564 g/mol. The van der Waals surface area contributed by atoms with Gasteiger partial charge in [-0.25, -0.2) is 4.68 Å². The Hall–Kier alpha value is -4.53. The highest BCUT2D eigenvalue weighted by atomic mass is 35.5. The van der Waals surface area contributed by atoms with Crippen LogP contribution in [-0.4, -0.2) is 30.1 Å². The second-order valence-electron chi connectivity index (χ2n) is 10.3. The first-order chi connectivity index (χ1) is 20.0. The molecule has 1 atom stereocenters. The highest BCUT2D eigenvalue weighted by Crippen LogP contribution is 2.32. The summed E-state index contributed by atoms with van der Waals surface area (Å²) in [5.74, 6) is 1.23. The molecule has 0 aliphatic carbocycles. The van der Waals surface area contributed by atoms with Crippen LogP contribution in [-0.2, 0) is 19.6 Å². The fraction of sp³-hybridized carbons (Fsp3) is 0.188. The van der Waals surface area contributed by atoms with Gasteiger partial charge in [0.05, 0.1) is 6.26 Å². The van der Waals surface area contributed by atoms with E-state index in [0.717, 1.165) is 33.2 Å². The summed E-state index contributed by atoms with van der Waals surface area (Å²) in [6, 6.07) is 27.1. The van der Waals surface area contributed by atoms with Crippen molar-refractivity contribution in [1.82, 2.24) is 30.1 Å². The number of halogens is 1. The molecule has 6 aromatic rings. The lowest BCUT2D eigenvalue weighted by atomic mass is 9.99. The van der Waals surface area contributed by atoms with Gasteiger partial charge in [0, 0.05) is 34.6 Å². The van der Waals surface area contributed by atoms with E-state index in [4.69, 9.17) is 16.0 Å². The molecule has 0 spiro atoms. The SMILES string of the molecule is Cc1cc(C)c2cc([C@H](c3nnnn3Cc3ccco3)N(Cc3ccccc3)Cc3ccccc3Cl)c(=O)[nH]c2c1. The second-order valence-corrected chi connectivity index (χ2v) is 10.7. The third kappa shape index (κ3) is 5.70. The zero-order chi connectivity index (χ0) is 28.3. The molecule has 8 nitrogen and oxygen atoms in total. The van der Waals surface area contributed by atoms with Gasteiger partial charge in [-0.05, 0) is 76.9 Å². The molecule has 0 aliphatic rings. The summed E-state index contributed by atoms with van der Waals surface area (Å²) in [5.41, 5.74) is 5.32. The van der Waals surface area contributed by atoms with E-state index in [1.54, 1.807) is 10.9 Å². The summed E-state index contributed by atoms with van der Waals surface area (Å²) in [4.78, 5) is 19.2. The van der Waals surface area contributed by atoms with Gasteiger partial charge in [0.15, 0.2) is 5.82 Å². The van der Waals surface area contributed by atoms with Gasteiger partial charge in [-0.3, -0.25) is 9.69 Å². The number of nitrogens with one attached hydrogen (secondary N) is 1. The molecule has 0 bridgehead atoms. The average Bonchev–Trinajstić information content (AvgIpc) is 3.64. The van der Waals surface area contributed by atoms with Crippen LogP contribution in [0.5, 0.6) is 0 Å². The summed E-state index contributed by atoms with van der Waals surface area (Å²) in [7, 11) is 0. The van der Waals surface area contributed by atoms with Crippen molar-refractivity contribution in [2.45, 2.75) is 39.5 Å². The maximum atomic E-state index is 13.9. The average molecular weight is 565 g/mol. The Bertz CT molecular complexity index is 1850. The number of aromatic amines is 1. The van der Waals surface area contributed by atoms with Crippen molar-refractivity contribution in [2.24, 2.45) is 0 Å². The van der Waals surface area contributed by atoms with E-state index in [2.05, 4.69) is 50.5 Å². The van der Waals surface area contributed by atoms with Crippen LogP contribution in [0.1, 0.15) is 45.4 Å². The lowest BCUT2D eigenvalue weighted by Crippen LogP contribution is -2.35. The Morgan fingerprint density at radius 2 is 1.78 bits per heavy atom. The predicted molar refractivity (Wildman–Crippen MR) is 159 cm³/mol. The smallest absolute Gasteiger partial charge is 0.253 e. The van der Waals surface area contributed by atoms with E-state index in [9.17, 15) is 4.79 Å². The number of fused-ring (bicyclic) bond motifs is 1. The molecule has 9 heteroatoms. The molecule has 206 valence electrons. The van der Waals surface area contributed by atoms with E-state index >= 15 is 0 Å². The van der Waals surface area contributed by atoms with Crippen molar-refractivity contribution in [3.8, 4) is 0 Å². The van der Waals surface area contributed by atoms with Crippen LogP contribution < -0.4 is 5.56 Å². The molecule has 0 fully saturated rings. The first-order valence-corrected chi connectivity index (χ1v) is 13.8. The molecule has 0 saturated carbocycles. The lowest BCUT2D eigenvalue weighted by Gasteiger charge is -2.31. The van der Waals surface area contributed by atoms with E-state index in [0.29, 0.717) is 41.8 Å². The van der Waals surface area contributed by atoms with Gasteiger partial charge in [-0.15, -0.1) is 5.10 Å². The van der Waals surface area contributed by atoms with Crippen LogP contribution in [0.4, 0.5) is 0 Å². The number of nitrogens with zero attached hydrogens (tertiary/aromatic N) is 5. The number of aryl methyl sites for hydroxylation is 2. The van der Waals surface area contributed by atoms with Crippen molar-refractivity contribution >= 4 is 22.5 Å². The maximum Gasteiger partial charge on any atom is 0.253 e. The van der Waals surface area contributed by atoms with Gasteiger partial charge in [0.2, 0.25) is 0 Å². The number of hydrogen-bond acceptors (Lipinski definition) is 6. The van der Waals surface area contributed by atoms with Crippen molar-refractivity contribution in [3.05, 3.63) is 146 Å². The summed E-state index contributed by atoms with van der Waals surface area (Å²) in [5, 5.41) is 14.5. The summed E-state index contributed by atoms with van der Waals surface area (Å²) in [6.07, 6.45) is 1.62. The number of furan rings is 1. The van der Waals surface area contributed by atoms with Crippen molar-refractivity contribution in [3.63, 3.8) is 0 Å². The van der Waals surface area contributed by atoms with Crippen molar-refractivity contribution < 1.29 is 4.42 Å². The Morgan fingerprint density at radius 3 is 2.56 bits per heavy atom. The van der Waals surface area contributed by atoms with Crippen LogP contribution in [0.25, 0.3) is 10.9 Å². The molecular formula is C32H29ClN6O2. The van der Waals surface area contributed by atoms with Crippen molar-refractivity contribution in [1.29, 1.82) is 0 Å². The number of hydrogen-bond donors (Lipinski definition) is 1. The van der Waals surface area contributed by atoms with Crippen molar-refractivity contribution in [2.75, 3.05) is 0 Å². The van der Waals surface area contributed by atoms with E-state index in [1.165, 1.54) is 0 Å². The lowest BCUT2D eigenvalue weighted by molar-refractivity contribution is 0.193. The number of rotatable bonds is 9. The molecule has 0 amide bonds. The number of aromatic nitrogens is 5. The van der Waals surface area contributed by atoms with Crippen LogP contribution in [0.2, 0.25) is 5.02 Å².